The maximum Gasteiger partial charge on any atom is 0.305 e. The molecule has 0 aromatic carbocycles. The summed E-state index contributed by atoms with van der Waals surface area (Å²) in [4.78, 5) is 0. The molecule has 2 fully saturated rings. The highest BCUT2D eigenvalue weighted by Gasteiger charge is 2.39. The molecule has 0 aromatic heterocycles. The molecule has 1 unspecified atom stereocenters. The van der Waals surface area contributed by atoms with Crippen molar-refractivity contribution in [3.63, 3.8) is 0 Å². The first-order chi connectivity index (χ1) is 7.99. The molecule has 1 aliphatic carbocycles. The van der Waals surface area contributed by atoms with Gasteiger partial charge < -0.3 is 9.47 Å². The van der Waals surface area contributed by atoms with Crippen LogP contribution < -0.4 is 0 Å². The van der Waals surface area contributed by atoms with Crippen LogP contribution in [-0.4, -0.2) is 39.1 Å². The molecule has 1 spiro atoms. The number of hydrogen-bond acceptors (Lipinski definition) is 4. The molecule has 0 amide bonds. The van der Waals surface area contributed by atoms with Gasteiger partial charge in [-0.2, -0.15) is 8.42 Å². The van der Waals surface area contributed by atoms with Gasteiger partial charge in [-0.3, -0.25) is 0 Å². The molecule has 17 heavy (non-hydrogen) atoms. The zero-order valence-electron chi connectivity index (χ0n) is 9.86. The van der Waals surface area contributed by atoms with Crippen LogP contribution in [0.5, 0.6) is 0 Å². The van der Waals surface area contributed by atoms with Gasteiger partial charge in [-0.25, -0.2) is 0 Å². The van der Waals surface area contributed by atoms with E-state index in [0.29, 0.717) is 6.61 Å². The van der Waals surface area contributed by atoms with Gasteiger partial charge in [0.2, 0.25) is 0 Å². The molecule has 0 bridgehead atoms. The molecule has 100 valence electrons. The fourth-order valence-electron chi connectivity index (χ4n) is 2.74. The van der Waals surface area contributed by atoms with E-state index in [4.69, 9.17) is 9.47 Å². The van der Waals surface area contributed by atoms with Gasteiger partial charge in [0.25, 0.3) is 0 Å². The van der Waals surface area contributed by atoms with Crippen LogP contribution in [0.25, 0.3) is 0 Å². The molecule has 1 aliphatic heterocycles. The van der Waals surface area contributed by atoms with Crippen LogP contribution in [0.1, 0.15) is 38.5 Å². The highest BCUT2D eigenvalue weighted by atomic mass is 32.3. The van der Waals surface area contributed by atoms with Crippen LogP contribution >= 0.6 is 0 Å². The lowest BCUT2D eigenvalue weighted by atomic mass is 9.94. The van der Waals surface area contributed by atoms with Crippen molar-refractivity contribution in [2.75, 3.05) is 19.0 Å². The molecular weight excluding hydrogens is 247 g/mol. The van der Waals surface area contributed by atoms with E-state index >= 15 is 0 Å². The van der Waals surface area contributed by atoms with E-state index < -0.39 is 22.1 Å². The van der Waals surface area contributed by atoms with Crippen LogP contribution in [0.2, 0.25) is 0 Å². The van der Waals surface area contributed by atoms with Crippen molar-refractivity contribution in [1.82, 2.24) is 0 Å². The van der Waals surface area contributed by atoms with E-state index in [1.165, 1.54) is 12.8 Å². The first-order valence-electron chi connectivity index (χ1n) is 6.17. The minimum Gasteiger partial charge on any atom is -0.376 e. The third-order valence-electron chi connectivity index (χ3n) is 3.49. The number of rotatable bonds is 2. The zero-order valence-corrected chi connectivity index (χ0v) is 10.7. The summed E-state index contributed by atoms with van der Waals surface area (Å²) in [6, 6.07) is 0. The number of ether oxygens (including phenoxy) is 2. The Morgan fingerprint density at radius 2 is 1.82 bits per heavy atom. The fraction of sp³-hybridized carbons (Fsp3) is 1.00. The van der Waals surface area contributed by atoms with Gasteiger partial charge in [0.1, 0.15) is 5.75 Å². The molecule has 6 heteroatoms. The maximum atomic E-state index is 12.6. The molecule has 0 radical (unpaired) electrons. The topological polar surface area (TPSA) is 52.6 Å². The lowest BCUT2D eigenvalue weighted by Gasteiger charge is -2.40. The Hall–Kier alpha value is -0.200. The van der Waals surface area contributed by atoms with Crippen molar-refractivity contribution in [2.24, 2.45) is 0 Å². The summed E-state index contributed by atoms with van der Waals surface area (Å²) in [6.45, 7) is 0.681. The SMILES string of the molecule is O=S(=O)(F)CC1COCC2(CCCCCC2)O1. The van der Waals surface area contributed by atoms with E-state index in [1.54, 1.807) is 0 Å². The highest BCUT2D eigenvalue weighted by molar-refractivity contribution is 7.86. The predicted octanol–water partition coefficient (Wildman–Crippen LogP) is 1.79. The molecular formula is C11H19FO4S. The van der Waals surface area contributed by atoms with Crippen LogP contribution in [0, 0.1) is 0 Å². The Bertz CT molecular complexity index is 346. The molecule has 0 N–H and O–H groups in total. The lowest BCUT2D eigenvalue weighted by Crippen LogP contribution is -2.49. The van der Waals surface area contributed by atoms with Gasteiger partial charge in [0, 0.05) is 0 Å². The van der Waals surface area contributed by atoms with Crippen LogP contribution in [0.4, 0.5) is 3.89 Å². The predicted molar refractivity (Wildman–Crippen MR) is 61.0 cm³/mol. The summed E-state index contributed by atoms with van der Waals surface area (Å²) in [6.07, 6.45) is 5.61. The van der Waals surface area contributed by atoms with Gasteiger partial charge in [-0.05, 0) is 12.8 Å². The zero-order chi connectivity index (χ0) is 12.4. The fourth-order valence-corrected chi connectivity index (χ4v) is 3.35. The lowest BCUT2D eigenvalue weighted by molar-refractivity contribution is -0.196. The minimum atomic E-state index is -4.49. The molecule has 4 nitrogen and oxygen atoms in total. The second kappa shape index (κ2) is 5.20. The second-order valence-electron chi connectivity index (χ2n) is 5.06. The highest BCUT2D eigenvalue weighted by Crippen LogP contribution is 2.34. The van der Waals surface area contributed by atoms with Crippen molar-refractivity contribution >= 4 is 10.2 Å². The Balaban J connectivity index is 1.99. The van der Waals surface area contributed by atoms with Crippen molar-refractivity contribution in [2.45, 2.75) is 50.2 Å². The Morgan fingerprint density at radius 3 is 2.41 bits per heavy atom. The summed E-state index contributed by atoms with van der Waals surface area (Å²) in [5, 5.41) is 0. The summed E-state index contributed by atoms with van der Waals surface area (Å²) in [5.41, 5.74) is -0.371. The van der Waals surface area contributed by atoms with E-state index in [2.05, 4.69) is 0 Å². The molecule has 2 aliphatic rings. The first-order valence-corrected chi connectivity index (χ1v) is 7.72. The Morgan fingerprint density at radius 1 is 1.18 bits per heavy atom. The monoisotopic (exact) mass is 266 g/mol. The quantitative estimate of drug-likeness (QED) is 0.715. The summed E-state index contributed by atoms with van der Waals surface area (Å²) in [5.74, 6) is -0.589. The van der Waals surface area contributed by atoms with Crippen molar-refractivity contribution in [3.8, 4) is 0 Å². The summed E-state index contributed by atoms with van der Waals surface area (Å²) in [7, 11) is -4.49. The maximum absolute atomic E-state index is 12.6. The largest absolute Gasteiger partial charge is 0.376 e. The van der Waals surface area contributed by atoms with Crippen molar-refractivity contribution in [3.05, 3.63) is 0 Å². The normalized spacial score (nSPS) is 30.1. The van der Waals surface area contributed by atoms with Gasteiger partial charge in [0.15, 0.2) is 0 Å². The van der Waals surface area contributed by atoms with E-state index in [0.717, 1.165) is 25.7 Å². The Kier molecular flexibility index (Phi) is 4.05. The molecule has 1 atom stereocenters. The van der Waals surface area contributed by atoms with Crippen LogP contribution in [0.3, 0.4) is 0 Å². The molecule has 1 saturated carbocycles. The van der Waals surface area contributed by atoms with Crippen molar-refractivity contribution in [1.29, 1.82) is 0 Å². The third kappa shape index (κ3) is 3.89. The van der Waals surface area contributed by atoms with Crippen LogP contribution in [-0.2, 0) is 19.7 Å². The second-order valence-corrected chi connectivity index (χ2v) is 6.47. The van der Waals surface area contributed by atoms with E-state index in [1.807, 2.05) is 0 Å². The number of halogens is 1. The molecule has 2 rings (SSSR count). The first kappa shape index (κ1) is 13.2. The van der Waals surface area contributed by atoms with Gasteiger partial charge in [-0.15, -0.1) is 3.89 Å². The van der Waals surface area contributed by atoms with Gasteiger partial charge >= 0.3 is 10.2 Å². The summed E-state index contributed by atoms with van der Waals surface area (Å²) < 4.78 is 45.2. The average Bonchev–Trinajstić information content (AvgIpc) is 2.41. The molecule has 1 heterocycles. The van der Waals surface area contributed by atoms with E-state index in [-0.39, 0.29) is 12.2 Å². The number of hydrogen-bond donors (Lipinski definition) is 0. The third-order valence-corrected chi connectivity index (χ3v) is 4.26. The Labute approximate surface area is 102 Å². The van der Waals surface area contributed by atoms with Gasteiger partial charge in [-0.1, -0.05) is 25.7 Å². The summed E-state index contributed by atoms with van der Waals surface area (Å²) >= 11 is 0. The minimum absolute atomic E-state index is 0.172. The van der Waals surface area contributed by atoms with Gasteiger partial charge in [0.05, 0.1) is 24.9 Å². The molecule has 1 saturated heterocycles. The average molecular weight is 266 g/mol. The van der Waals surface area contributed by atoms with E-state index in [9.17, 15) is 12.3 Å². The smallest absolute Gasteiger partial charge is 0.305 e. The van der Waals surface area contributed by atoms with Crippen LogP contribution in [0.15, 0.2) is 0 Å². The standard InChI is InChI=1S/C11H19FO4S/c12-17(13,14)8-10-7-15-9-11(16-10)5-3-1-2-4-6-11/h10H,1-9H2. The molecule has 0 aromatic rings. The van der Waals surface area contributed by atoms with Crippen molar-refractivity contribution < 1.29 is 21.8 Å².